The molecule has 2 aromatic carbocycles. The number of ether oxygens (including phenoxy) is 1. The van der Waals surface area contributed by atoms with Gasteiger partial charge < -0.3 is 9.84 Å². The summed E-state index contributed by atoms with van der Waals surface area (Å²) in [6.45, 7) is 0.0764. The van der Waals surface area contributed by atoms with E-state index >= 15 is 0 Å². The van der Waals surface area contributed by atoms with Crippen molar-refractivity contribution < 1.29 is 23.0 Å². The second-order valence-corrected chi connectivity index (χ2v) is 5.71. The fraction of sp³-hybridized carbons (Fsp3) is 0.150. The van der Waals surface area contributed by atoms with Crippen LogP contribution in [0.25, 0.3) is 11.3 Å². The van der Waals surface area contributed by atoms with Gasteiger partial charge in [0.15, 0.2) is 0 Å². The van der Waals surface area contributed by atoms with Gasteiger partial charge in [0.1, 0.15) is 6.61 Å². The highest BCUT2D eigenvalue weighted by molar-refractivity contribution is 5.61. The van der Waals surface area contributed by atoms with Crippen molar-refractivity contribution in [3.63, 3.8) is 0 Å². The van der Waals surface area contributed by atoms with Gasteiger partial charge >= 0.3 is 6.18 Å². The molecule has 0 amide bonds. The number of alkyl halides is 3. The van der Waals surface area contributed by atoms with Crippen LogP contribution >= 0.6 is 0 Å². The topological polar surface area (TPSA) is 42.4 Å². The van der Waals surface area contributed by atoms with Gasteiger partial charge in [-0.2, -0.15) is 13.2 Å². The molecule has 0 saturated heterocycles. The SMILES string of the molecule is OCc1cc(OCc2ccccc2)nc(-c2ccc(C(F)(F)F)cc2)c1. The molecular formula is C20H16F3NO2. The van der Waals surface area contributed by atoms with E-state index in [0.29, 0.717) is 29.3 Å². The van der Waals surface area contributed by atoms with Crippen molar-refractivity contribution in [2.24, 2.45) is 0 Å². The Bertz CT molecular complexity index is 862. The van der Waals surface area contributed by atoms with Crippen LogP contribution in [0.4, 0.5) is 13.2 Å². The molecule has 6 heteroatoms. The molecule has 1 aromatic heterocycles. The number of pyridine rings is 1. The Morgan fingerprint density at radius 3 is 2.19 bits per heavy atom. The van der Waals surface area contributed by atoms with E-state index in [4.69, 9.17) is 4.74 Å². The molecule has 0 spiro atoms. The van der Waals surface area contributed by atoms with E-state index in [1.807, 2.05) is 30.3 Å². The van der Waals surface area contributed by atoms with Crippen molar-refractivity contribution in [3.05, 3.63) is 83.4 Å². The third kappa shape index (κ3) is 4.40. The number of aliphatic hydroxyl groups is 1. The molecule has 0 radical (unpaired) electrons. The lowest BCUT2D eigenvalue weighted by Crippen LogP contribution is -2.04. The molecule has 1 N–H and O–H groups in total. The Kier molecular flexibility index (Phi) is 5.23. The second kappa shape index (κ2) is 7.58. The van der Waals surface area contributed by atoms with Crippen LogP contribution in [-0.4, -0.2) is 10.1 Å². The third-order valence-corrected chi connectivity index (χ3v) is 3.78. The molecule has 134 valence electrons. The van der Waals surface area contributed by atoms with Crippen LogP contribution in [0.2, 0.25) is 0 Å². The minimum atomic E-state index is -4.39. The minimum absolute atomic E-state index is 0.224. The highest BCUT2D eigenvalue weighted by atomic mass is 19.4. The highest BCUT2D eigenvalue weighted by Crippen LogP contribution is 2.31. The number of halogens is 3. The van der Waals surface area contributed by atoms with Crippen molar-refractivity contribution >= 4 is 0 Å². The van der Waals surface area contributed by atoms with Crippen molar-refractivity contribution in [1.82, 2.24) is 4.98 Å². The van der Waals surface area contributed by atoms with Crippen molar-refractivity contribution in [1.29, 1.82) is 0 Å². The zero-order valence-corrected chi connectivity index (χ0v) is 13.7. The number of benzene rings is 2. The summed E-state index contributed by atoms with van der Waals surface area (Å²) in [5.41, 5.74) is 1.75. The molecule has 0 fully saturated rings. The van der Waals surface area contributed by atoms with Crippen LogP contribution in [0.5, 0.6) is 5.88 Å². The molecule has 0 unspecified atom stereocenters. The van der Waals surface area contributed by atoms with E-state index in [-0.39, 0.29) is 6.61 Å². The minimum Gasteiger partial charge on any atom is -0.473 e. The van der Waals surface area contributed by atoms with E-state index in [0.717, 1.165) is 17.7 Å². The fourth-order valence-electron chi connectivity index (χ4n) is 2.43. The average Bonchev–Trinajstić information content (AvgIpc) is 2.66. The standard InChI is InChI=1S/C20H16F3NO2/c21-20(22,23)17-8-6-16(7-9-17)18-10-15(12-25)11-19(24-18)26-13-14-4-2-1-3-5-14/h1-11,25H,12-13H2. The predicted molar refractivity (Wildman–Crippen MR) is 91.4 cm³/mol. The second-order valence-electron chi connectivity index (χ2n) is 5.71. The number of hydrogen-bond donors (Lipinski definition) is 1. The maximum Gasteiger partial charge on any atom is 0.416 e. The number of nitrogens with zero attached hydrogens (tertiary/aromatic N) is 1. The Morgan fingerprint density at radius 1 is 0.885 bits per heavy atom. The Balaban J connectivity index is 1.85. The van der Waals surface area contributed by atoms with E-state index in [1.165, 1.54) is 12.1 Å². The highest BCUT2D eigenvalue weighted by Gasteiger charge is 2.30. The Hall–Kier alpha value is -2.86. The lowest BCUT2D eigenvalue weighted by molar-refractivity contribution is -0.137. The number of rotatable bonds is 5. The van der Waals surface area contributed by atoms with Gasteiger partial charge in [0.2, 0.25) is 5.88 Å². The maximum atomic E-state index is 12.7. The van der Waals surface area contributed by atoms with Crippen LogP contribution in [-0.2, 0) is 19.4 Å². The molecular weight excluding hydrogens is 343 g/mol. The molecule has 0 saturated carbocycles. The summed E-state index contributed by atoms with van der Waals surface area (Å²) in [5, 5.41) is 9.44. The van der Waals surface area contributed by atoms with Crippen LogP contribution in [0.1, 0.15) is 16.7 Å². The molecule has 3 nitrogen and oxygen atoms in total. The van der Waals surface area contributed by atoms with Crippen molar-refractivity contribution in [2.45, 2.75) is 19.4 Å². The van der Waals surface area contributed by atoms with Crippen LogP contribution in [0, 0.1) is 0 Å². The Labute approximate surface area is 148 Å². The maximum absolute atomic E-state index is 12.7. The molecule has 0 aliphatic heterocycles. The monoisotopic (exact) mass is 359 g/mol. The molecule has 0 aliphatic carbocycles. The zero-order chi connectivity index (χ0) is 18.6. The molecule has 26 heavy (non-hydrogen) atoms. The van der Waals surface area contributed by atoms with Gasteiger partial charge in [-0.05, 0) is 29.3 Å². The largest absolute Gasteiger partial charge is 0.473 e. The Morgan fingerprint density at radius 2 is 1.58 bits per heavy atom. The quantitative estimate of drug-likeness (QED) is 0.709. The van der Waals surface area contributed by atoms with E-state index in [9.17, 15) is 18.3 Å². The third-order valence-electron chi connectivity index (χ3n) is 3.78. The lowest BCUT2D eigenvalue weighted by Gasteiger charge is -2.11. The summed E-state index contributed by atoms with van der Waals surface area (Å²) in [5.74, 6) is 0.301. The molecule has 3 rings (SSSR count). The van der Waals surface area contributed by atoms with E-state index in [2.05, 4.69) is 4.98 Å². The summed E-state index contributed by atoms with van der Waals surface area (Å²) in [4.78, 5) is 4.34. The van der Waals surface area contributed by atoms with Crippen LogP contribution in [0.3, 0.4) is 0 Å². The van der Waals surface area contributed by atoms with Crippen molar-refractivity contribution in [2.75, 3.05) is 0 Å². The van der Waals surface area contributed by atoms with Crippen LogP contribution < -0.4 is 4.74 Å². The van der Waals surface area contributed by atoms with Gasteiger partial charge in [-0.15, -0.1) is 0 Å². The molecule has 0 atom stereocenters. The average molecular weight is 359 g/mol. The summed E-state index contributed by atoms with van der Waals surface area (Å²) < 4.78 is 43.8. The fourth-order valence-corrected chi connectivity index (χ4v) is 2.43. The number of aliphatic hydroxyl groups excluding tert-OH is 1. The molecule has 0 bridgehead atoms. The zero-order valence-electron chi connectivity index (χ0n) is 13.7. The first-order chi connectivity index (χ1) is 12.5. The first-order valence-electron chi connectivity index (χ1n) is 7.92. The molecule has 1 heterocycles. The van der Waals surface area contributed by atoms with Gasteiger partial charge in [-0.1, -0.05) is 42.5 Å². The lowest BCUT2D eigenvalue weighted by atomic mass is 10.1. The van der Waals surface area contributed by atoms with Gasteiger partial charge in [0.25, 0.3) is 0 Å². The smallest absolute Gasteiger partial charge is 0.416 e. The van der Waals surface area contributed by atoms with E-state index in [1.54, 1.807) is 12.1 Å². The number of aromatic nitrogens is 1. The van der Waals surface area contributed by atoms with Crippen LogP contribution in [0.15, 0.2) is 66.7 Å². The van der Waals surface area contributed by atoms with Gasteiger partial charge in [-0.25, -0.2) is 4.98 Å². The summed E-state index contributed by atoms with van der Waals surface area (Å²) >= 11 is 0. The predicted octanol–water partition coefficient (Wildman–Crippen LogP) is 4.84. The molecule has 3 aromatic rings. The summed E-state index contributed by atoms with van der Waals surface area (Å²) in [6.07, 6.45) is -4.39. The summed E-state index contributed by atoms with van der Waals surface area (Å²) in [6, 6.07) is 17.5. The first kappa shape index (κ1) is 17.9. The van der Waals surface area contributed by atoms with Gasteiger partial charge in [0.05, 0.1) is 17.9 Å². The van der Waals surface area contributed by atoms with Gasteiger partial charge in [-0.3, -0.25) is 0 Å². The summed E-state index contributed by atoms with van der Waals surface area (Å²) in [7, 11) is 0. The van der Waals surface area contributed by atoms with Gasteiger partial charge in [0, 0.05) is 11.6 Å². The van der Waals surface area contributed by atoms with Crippen molar-refractivity contribution in [3.8, 4) is 17.1 Å². The number of hydrogen-bond acceptors (Lipinski definition) is 3. The normalized spacial score (nSPS) is 11.4. The van der Waals surface area contributed by atoms with E-state index < -0.39 is 11.7 Å². The molecule has 0 aliphatic rings. The first-order valence-corrected chi connectivity index (χ1v) is 7.92.